The molecule has 3 heterocycles. The topological polar surface area (TPSA) is 180 Å². The summed E-state index contributed by atoms with van der Waals surface area (Å²) in [7, 11) is -4.29. The summed E-state index contributed by atoms with van der Waals surface area (Å²) < 4.78 is 39.3. The Morgan fingerprint density at radius 3 is 2.47 bits per heavy atom. The molecule has 1 saturated carbocycles. The largest absolute Gasteiger partial charge is 0.461 e. The van der Waals surface area contributed by atoms with Crippen LogP contribution in [0.15, 0.2) is 79.1 Å². The van der Waals surface area contributed by atoms with Gasteiger partial charge in [0.15, 0.2) is 5.82 Å². The molecular weight excluding hydrogens is 625 g/mol. The lowest BCUT2D eigenvalue weighted by molar-refractivity contribution is -0.152. The quantitative estimate of drug-likeness (QED) is 0.132. The highest BCUT2D eigenvalue weighted by Gasteiger charge is 2.54. The summed E-state index contributed by atoms with van der Waals surface area (Å²) in [5.41, 5.74) is 6.64. The molecule has 1 aliphatic carbocycles. The van der Waals surface area contributed by atoms with Crippen molar-refractivity contribution in [2.75, 3.05) is 12.3 Å². The zero-order valence-corrected chi connectivity index (χ0v) is 27.1. The second-order valence-corrected chi connectivity index (χ2v) is 14.0. The Balaban J connectivity index is 1.12. The molecule has 13 nitrogen and oxygen atoms in total. The van der Waals surface area contributed by atoms with Crippen LogP contribution >= 0.6 is 7.75 Å². The van der Waals surface area contributed by atoms with E-state index in [0.29, 0.717) is 17.1 Å². The Morgan fingerprint density at radius 1 is 1.09 bits per heavy atom. The van der Waals surface area contributed by atoms with Crippen molar-refractivity contribution in [3.8, 4) is 5.75 Å². The third-order valence-corrected chi connectivity index (χ3v) is 10.5. The molecule has 0 amide bonds. The second-order valence-electron chi connectivity index (χ2n) is 12.3. The van der Waals surface area contributed by atoms with E-state index < -0.39 is 50.3 Å². The van der Waals surface area contributed by atoms with Crippen LogP contribution in [0.1, 0.15) is 62.8 Å². The van der Waals surface area contributed by atoms with E-state index >= 15 is 0 Å². The molecule has 0 spiro atoms. The number of aliphatic hydroxyl groups excluding tert-OH is 2. The molecule has 2 fully saturated rings. The van der Waals surface area contributed by atoms with Gasteiger partial charge in [0.2, 0.25) is 0 Å². The smallest absolute Gasteiger partial charge is 0.459 e. The van der Waals surface area contributed by atoms with Gasteiger partial charge in [-0.25, -0.2) is 14.1 Å². The summed E-state index contributed by atoms with van der Waals surface area (Å²) in [6, 6.07) is 21.0. The van der Waals surface area contributed by atoms with Crippen LogP contribution in [0.5, 0.6) is 5.75 Å². The summed E-state index contributed by atoms with van der Waals surface area (Å²) in [5, 5.41) is 29.0. The molecule has 2 aliphatic rings. The molecule has 5 N–H and O–H groups in total. The number of aromatic nitrogens is 3. The van der Waals surface area contributed by atoms with Crippen LogP contribution in [0.2, 0.25) is 0 Å². The number of hydrogen-bond donors (Lipinski definition) is 4. The number of nitrogens with two attached hydrogens (primary N) is 1. The summed E-state index contributed by atoms with van der Waals surface area (Å²) in [5.74, 6) is 0.304. The number of aliphatic hydroxyl groups is 2. The average molecular weight is 666 g/mol. The van der Waals surface area contributed by atoms with Crippen LogP contribution in [-0.2, 0) is 23.4 Å². The van der Waals surface area contributed by atoms with Gasteiger partial charge >= 0.3 is 13.7 Å². The van der Waals surface area contributed by atoms with Crippen molar-refractivity contribution < 1.29 is 38.1 Å². The number of carbonyl (C=O) groups excluding carboxylic acids is 1. The van der Waals surface area contributed by atoms with Gasteiger partial charge in [-0.3, -0.25) is 9.32 Å². The number of nitrogen functional groups attached to an aromatic ring is 1. The van der Waals surface area contributed by atoms with E-state index in [4.69, 9.17) is 24.3 Å². The van der Waals surface area contributed by atoms with Crippen molar-refractivity contribution in [1.29, 1.82) is 0 Å². The minimum Gasteiger partial charge on any atom is -0.461 e. The number of fused-ring (bicyclic) bond motifs is 1. The van der Waals surface area contributed by atoms with E-state index in [1.54, 1.807) is 42.5 Å². The van der Waals surface area contributed by atoms with Crippen molar-refractivity contribution in [2.24, 2.45) is 0 Å². The van der Waals surface area contributed by atoms with Gasteiger partial charge in [0.25, 0.3) is 0 Å². The number of rotatable bonds is 11. The fraction of sp³-hybridized carbons (Fsp3) is 0.424. The minimum atomic E-state index is -4.29. The third kappa shape index (κ3) is 7.20. The molecule has 1 saturated heterocycles. The zero-order valence-electron chi connectivity index (χ0n) is 26.2. The Labute approximate surface area is 272 Å². The lowest BCUT2D eigenvalue weighted by Crippen LogP contribution is -2.45. The van der Waals surface area contributed by atoms with Gasteiger partial charge < -0.3 is 29.9 Å². The SMILES string of the molecule is C[C@H](NP(=O)(OC[C@@]1(C)O[C@@H](c2ccc3c(N)ncnn23)[C@H](O)[C@@H]1O)Oc1ccccc1)C(=O)OC1CCC(c2ccccc2)CC1. The van der Waals surface area contributed by atoms with Crippen LogP contribution < -0.4 is 15.3 Å². The molecule has 0 radical (unpaired) electrons. The number of nitrogens with one attached hydrogen (secondary N) is 1. The maximum atomic E-state index is 14.2. The van der Waals surface area contributed by atoms with E-state index in [1.807, 2.05) is 18.2 Å². The first-order chi connectivity index (χ1) is 22.6. The first-order valence-electron chi connectivity index (χ1n) is 15.7. The van der Waals surface area contributed by atoms with Crippen LogP contribution in [0.3, 0.4) is 0 Å². The van der Waals surface area contributed by atoms with E-state index in [2.05, 4.69) is 27.3 Å². The molecule has 2 aromatic carbocycles. The van der Waals surface area contributed by atoms with Gasteiger partial charge in [-0.05, 0) is 75.3 Å². The van der Waals surface area contributed by atoms with Gasteiger partial charge in [-0.1, -0.05) is 48.5 Å². The van der Waals surface area contributed by atoms with Crippen molar-refractivity contribution in [1.82, 2.24) is 19.7 Å². The highest BCUT2D eigenvalue weighted by Crippen LogP contribution is 2.48. The molecule has 47 heavy (non-hydrogen) atoms. The number of carbonyl (C=O) groups is 1. The first kappa shape index (κ1) is 33.1. The zero-order chi connectivity index (χ0) is 33.2. The van der Waals surface area contributed by atoms with E-state index in [1.165, 1.54) is 30.3 Å². The molecule has 1 aliphatic heterocycles. The molecule has 250 valence electrons. The van der Waals surface area contributed by atoms with Crippen molar-refractivity contribution in [2.45, 2.75) is 81.5 Å². The number of para-hydroxylation sites is 1. The van der Waals surface area contributed by atoms with Crippen LogP contribution in [0, 0.1) is 0 Å². The maximum absolute atomic E-state index is 14.2. The molecule has 0 bridgehead atoms. The number of anilines is 1. The van der Waals surface area contributed by atoms with Crippen LogP contribution in [0.25, 0.3) is 5.52 Å². The Hall–Kier alpha value is -3.84. The van der Waals surface area contributed by atoms with E-state index in [0.717, 1.165) is 25.7 Å². The highest BCUT2D eigenvalue weighted by atomic mass is 31.2. The summed E-state index contributed by atoms with van der Waals surface area (Å²) in [6.45, 7) is 2.58. The lowest BCUT2D eigenvalue weighted by Gasteiger charge is -2.31. The van der Waals surface area contributed by atoms with Gasteiger partial charge in [0, 0.05) is 0 Å². The molecular formula is C33H40N5O8P. The molecule has 1 unspecified atom stereocenters. The first-order valence-corrected chi connectivity index (χ1v) is 17.2. The van der Waals surface area contributed by atoms with Gasteiger partial charge in [-0.2, -0.15) is 10.2 Å². The molecule has 14 heteroatoms. The highest BCUT2D eigenvalue weighted by molar-refractivity contribution is 7.52. The second kappa shape index (κ2) is 13.7. The number of ether oxygens (including phenoxy) is 2. The van der Waals surface area contributed by atoms with Gasteiger partial charge in [-0.15, -0.1) is 0 Å². The number of benzene rings is 2. The summed E-state index contributed by atoms with van der Waals surface area (Å²) >= 11 is 0. The lowest BCUT2D eigenvalue weighted by atomic mass is 9.83. The summed E-state index contributed by atoms with van der Waals surface area (Å²) in [4.78, 5) is 17.2. The molecule has 6 rings (SSSR count). The van der Waals surface area contributed by atoms with Gasteiger partial charge in [0.1, 0.15) is 53.7 Å². The predicted molar refractivity (Wildman–Crippen MR) is 172 cm³/mol. The summed E-state index contributed by atoms with van der Waals surface area (Å²) in [6.07, 6.45) is 0.401. The van der Waals surface area contributed by atoms with Crippen molar-refractivity contribution in [3.05, 3.63) is 90.4 Å². The minimum absolute atomic E-state index is 0.232. The molecule has 2 aromatic heterocycles. The normalized spacial score (nSPS) is 28.0. The monoisotopic (exact) mass is 665 g/mol. The molecule has 6 atom stereocenters. The predicted octanol–water partition coefficient (Wildman–Crippen LogP) is 4.31. The van der Waals surface area contributed by atoms with Crippen LogP contribution in [-0.4, -0.2) is 67.3 Å². The average Bonchev–Trinajstić information content (AvgIpc) is 3.61. The number of hydrogen-bond acceptors (Lipinski definition) is 11. The number of esters is 1. The Kier molecular flexibility index (Phi) is 9.65. The number of nitrogens with zero attached hydrogens (tertiary/aromatic N) is 3. The molecule has 4 aromatic rings. The third-order valence-electron chi connectivity index (χ3n) is 8.88. The van der Waals surface area contributed by atoms with Crippen molar-refractivity contribution in [3.63, 3.8) is 0 Å². The van der Waals surface area contributed by atoms with Crippen molar-refractivity contribution >= 4 is 25.1 Å². The van der Waals surface area contributed by atoms with E-state index in [-0.39, 0.29) is 17.7 Å². The standard InChI is InChI=1S/C33H40N5O8P/c1-21(32(41)44-24-15-13-23(14-16-24)22-9-5-3-6-10-22)37-47(42,46-25-11-7-4-8-12-25)43-19-33(2)30(40)28(39)29(45-33)26-17-18-27-31(34)35-20-36-38(26)27/h3-12,17-18,20-21,23-24,28-30,39-40H,13-16,19H2,1-2H3,(H,37,42)(H2,34,35,36)/t21-,23?,24?,28-,29-,30-,33+,47?/m0/s1. The Bertz CT molecular complexity index is 1720. The fourth-order valence-electron chi connectivity index (χ4n) is 6.22. The Morgan fingerprint density at radius 2 is 1.77 bits per heavy atom. The van der Waals surface area contributed by atoms with Crippen LogP contribution in [0.4, 0.5) is 5.82 Å². The van der Waals surface area contributed by atoms with E-state index in [9.17, 15) is 19.6 Å². The fourth-order valence-corrected chi connectivity index (χ4v) is 7.80. The van der Waals surface area contributed by atoms with Gasteiger partial charge in [0.05, 0.1) is 12.3 Å². The maximum Gasteiger partial charge on any atom is 0.459 e.